The Morgan fingerprint density at radius 1 is 1.00 bits per heavy atom. The van der Waals surface area contributed by atoms with E-state index in [1.165, 1.54) is 64.2 Å². The molecule has 4 atom stereocenters. The lowest BCUT2D eigenvalue weighted by Gasteiger charge is -2.25. The molecule has 2 N–H and O–H groups in total. The lowest BCUT2D eigenvalue weighted by atomic mass is 9.85. The van der Waals surface area contributed by atoms with Crippen molar-refractivity contribution in [3.05, 3.63) is 0 Å². The first-order valence-corrected chi connectivity index (χ1v) is 9.30. The maximum atomic E-state index is 12.6. The van der Waals surface area contributed by atoms with Crippen LogP contribution in [0.2, 0.25) is 0 Å². The van der Waals surface area contributed by atoms with Gasteiger partial charge in [-0.3, -0.25) is 4.79 Å². The van der Waals surface area contributed by atoms with Gasteiger partial charge in [-0.15, -0.1) is 0 Å². The van der Waals surface area contributed by atoms with E-state index in [-0.39, 0.29) is 11.9 Å². The van der Waals surface area contributed by atoms with Crippen molar-refractivity contribution in [1.82, 2.24) is 10.6 Å². The molecule has 0 aromatic carbocycles. The second kappa shape index (κ2) is 7.13. The third kappa shape index (κ3) is 3.80. The van der Waals surface area contributed by atoms with Gasteiger partial charge in [0.2, 0.25) is 5.91 Å². The van der Waals surface area contributed by atoms with E-state index in [0.29, 0.717) is 18.0 Å². The quantitative estimate of drug-likeness (QED) is 0.783. The first-order valence-electron chi connectivity index (χ1n) is 9.30. The van der Waals surface area contributed by atoms with Crippen molar-refractivity contribution in [2.45, 2.75) is 95.7 Å². The Labute approximate surface area is 129 Å². The maximum Gasteiger partial charge on any atom is 0.237 e. The molecule has 1 aliphatic heterocycles. The van der Waals surface area contributed by atoms with Crippen LogP contribution in [0.25, 0.3) is 0 Å². The van der Waals surface area contributed by atoms with Crippen LogP contribution in [0.5, 0.6) is 0 Å². The maximum absolute atomic E-state index is 12.6. The largest absolute Gasteiger partial charge is 0.352 e. The molecule has 120 valence electrons. The van der Waals surface area contributed by atoms with E-state index in [1.807, 2.05) is 0 Å². The van der Waals surface area contributed by atoms with Gasteiger partial charge in [-0.1, -0.05) is 38.5 Å². The molecule has 3 heteroatoms. The van der Waals surface area contributed by atoms with Gasteiger partial charge < -0.3 is 10.6 Å². The summed E-state index contributed by atoms with van der Waals surface area (Å²) in [7, 11) is 0. The first-order chi connectivity index (χ1) is 10.2. The van der Waals surface area contributed by atoms with Crippen molar-refractivity contribution in [2.24, 2.45) is 11.8 Å². The van der Waals surface area contributed by atoms with Crippen LogP contribution in [0.3, 0.4) is 0 Å². The first kappa shape index (κ1) is 15.3. The van der Waals surface area contributed by atoms with Crippen molar-refractivity contribution >= 4 is 5.91 Å². The molecule has 2 saturated carbocycles. The third-order valence-corrected chi connectivity index (χ3v) is 6.16. The number of rotatable bonds is 3. The minimum absolute atomic E-state index is 0.0753. The van der Waals surface area contributed by atoms with Crippen LogP contribution < -0.4 is 10.6 Å². The summed E-state index contributed by atoms with van der Waals surface area (Å²) in [6, 6.07) is 1.04. The summed E-state index contributed by atoms with van der Waals surface area (Å²) >= 11 is 0. The highest BCUT2D eigenvalue weighted by molar-refractivity contribution is 5.82. The zero-order chi connectivity index (χ0) is 14.7. The lowest BCUT2D eigenvalue weighted by Crippen LogP contribution is -2.47. The molecule has 3 aliphatic rings. The molecule has 0 bridgehead atoms. The van der Waals surface area contributed by atoms with Gasteiger partial charge in [0.25, 0.3) is 0 Å². The van der Waals surface area contributed by atoms with Crippen LogP contribution in [-0.2, 0) is 4.79 Å². The molecule has 0 aromatic heterocycles. The number of carbonyl (C=O) groups excluding carboxylic acids is 1. The lowest BCUT2D eigenvalue weighted by molar-refractivity contribution is -0.123. The van der Waals surface area contributed by atoms with Crippen molar-refractivity contribution in [3.63, 3.8) is 0 Å². The fourth-order valence-electron chi connectivity index (χ4n) is 4.77. The molecule has 3 rings (SSSR count). The number of nitrogens with one attached hydrogen (secondary N) is 2. The number of amides is 1. The van der Waals surface area contributed by atoms with E-state index in [2.05, 4.69) is 17.6 Å². The molecule has 0 spiro atoms. The minimum Gasteiger partial charge on any atom is -0.352 e. The third-order valence-electron chi connectivity index (χ3n) is 6.16. The Bertz CT molecular complexity index is 335. The van der Waals surface area contributed by atoms with E-state index in [9.17, 15) is 4.79 Å². The molecule has 1 saturated heterocycles. The standard InChI is InChI=1S/C18H32N2O/c1-13(14-8-4-2-3-5-9-14)19-18(21)17-12-15-10-6-7-11-16(15)20-17/h13-17,20H,2-12H2,1H3,(H,19,21)/t13-,15?,16?,17?/m1/s1. The fourth-order valence-corrected chi connectivity index (χ4v) is 4.77. The van der Waals surface area contributed by atoms with Crippen LogP contribution >= 0.6 is 0 Å². The second-order valence-electron chi connectivity index (χ2n) is 7.65. The Morgan fingerprint density at radius 2 is 1.67 bits per heavy atom. The van der Waals surface area contributed by atoms with Gasteiger partial charge in [0, 0.05) is 12.1 Å². The normalized spacial score (nSPS) is 35.8. The fraction of sp³-hybridized carbons (Fsp3) is 0.944. The molecule has 3 unspecified atom stereocenters. The Hall–Kier alpha value is -0.570. The molecule has 1 amide bonds. The van der Waals surface area contributed by atoms with Crippen LogP contribution in [0.15, 0.2) is 0 Å². The van der Waals surface area contributed by atoms with Crippen LogP contribution in [0, 0.1) is 11.8 Å². The predicted molar refractivity (Wildman–Crippen MR) is 86.1 cm³/mol. The van der Waals surface area contributed by atoms with Gasteiger partial charge in [-0.05, 0) is 50.9 Å². The second-order valence-corrected chi connectivity index (χ2v) is 7.65. The van der Waals surface area contributed by atoms with Crippen LogP contribution in [-0.4, -0.2) is 24.0 Å². The molecule has 1 heterocycles. The molecule has 0 aromatic rings. The average molecular weight is 292 g/mol. The van der Waals surface area contributed by atoms with Gasteiger partial charge in [0.1, 0.15) is 0 Å². The summed E-state index contributed by atoms with van der Waals surface area (Å²) in [4.78, 5) is 12.6. The van der Waals surface area contributed by atoms with E-state index < -0.39 is 0 Å². The van der Waals surface area contributed by atoms with Gasteiger partial charge in [-0.2, -0.15) is 0 Å². The molecule has 0 radical (unpaired) electrons. The summed E-state index contributed by atoms with van der Waals surface area (Å²) in [5, 5.41) is 6.93. The summed E-state index contributed by atoms with van der Waals surface area (Å²) in [6.45, 7) is 2.22. The van der Waals surface area contributed by atoms with Crippen molar-refractivity contribution in [1.29, 1.82) is 0 Å². The summed E-state index contributed by atoms with van der Waals surface area (Å²) in [6.07, 6.45) is 14.4. The van der Waals surface area contributed by atoms with E-state index in [1.54, 1.807) is 0 Å². The number of hydrogen-bond donors (Lipinski definition) is 2. The minimum atomic E-state index is 0.0753. The topological polar surface area (TPSA) is 41.1 Å². The summed E-state index contributed by atoms with van der Waals surface area (Å²) < 4.78 is 0. The van der Waals surface area contributed by atoms with E-state index >= 15 is 0 Å². The van der Waals surface area contributed by atoms with E-state index in [0.717, 1.165) is 12.3 Å². The highest BCUT2D eigenvalue weighted by Crippen LogP contribution is 2.33. The summed E-state index contributed by atoms with van der Waals surface area (Å²) in [5.41, 5.74) is 0. The number of fused-ring (bicyclic) bond motifs is 1. The van der Waals surface area contributed by atoms with Gasteiger partial charge >= 0.3 is 0 Å². The highest BCUT2D eigenvalue weighted by atomic mass is 16.2. The predicted octanol–water partition coefficient (Wildman–Crippen LogP) is 3.38. The van der Waals surface area contributed by atoms with Crippen molar-refractivity contribution in [2.75, 3.05) is 0 Å². The SMILES string of the molecule is C[C@@H](NC(=O)C1CC2CCCCC2N1)C1CCCCCC1. The molecule has 2 aliphatic carbocycles. The van der Waals surface area contributed by atoms with E-state index in [4.69, 9.17) is 0 Å². The highest BCUT2D eigenvalue weighted by Gasteiger charge is 2.38. The summed E-state index contributed by atoms with van der Waals surface area (Å²) in [5.74, 6) is 1.71. The van der Waals surface area contributed by atoms with Crippen molar-refractivity contribution in [3.8, 4) is 0 Å². The van der Waals surface area contributed by atoms with Crippen LogP contribution in [0.4, 0.5) is 0 Å². The van der Waals surface area contributed by atoms with Gasteiger partial charge in [0.15, 0.2) is 0 Å². The number of hydrogen-bond acceptors (Lipinski definition) is 2. The molecular weight excluding hydrogens is 260 g/mol. The zero-order valence-electron chi connectivity index (χ0n) is 13.6. The zero-order valence-corrected chi connectivity index (χ0v) is 13.6. The average Bonchev–Trinajstić information content (AvgIpc) is 2.73. The number of carbonyl (C=O) groups is 1. The Balaban J connectivity index is 1.49. The molecule has 3 nitrogen and oxygen atoms in total. The molecular formula is C18H32N2O. The smallest absolute Gasteiger partial charge is 0.237 e. The van der Waals surface area contributed by atoms with Gasteiger partial charge in [-0.25, -0.2) is 0 Å². The van der Waals surface area contributed by atoms with Crippen molar-refractivity contribution < 1.29 is 4.79 Å². The molecule has 3 fully saturated rings. The Kier molecular flexibility index (Phi) is 5.20. The Morgan fingerprint density at radius 3 is 2.38 bits per heavy atom. The monoisotopic (exact) mass is 292 g/mol. The molecule has 21 heavy (non-hydrogen) atoms. The van der Waals surface area contributed by atoms with Gasteiger partial charge in [0.05, 0.1) is 6.04 Å². The van der Waals surface area contributed by atoms with Crippen LogP contribution in [0.1, 0.15) is 77.6 Å².